The molecule has 2 aromatic rings. The molecule has 5 heteroatoms. The van der Waals surface area contributed by atoms with Gasteiger partial charge in [-0.25, -0.2) is 9.18 Å². The van der Waals surface area contributed by atoms with Crippen molar-refractivity contribution in [1.82, 2.24) is 0 Å². The minimum absolute atomic E-state index is 0.201. The first kappa shape index (κ1) is 15.4. The highest BCUT2D eigenvalue weighted by Crippen LogP contribution is 2.22. The number of carboxylic acid groups (broad SMARTS) is 1. The molecule has 0 bridgehead atoms. The number of thioether (sulfide) groups is 1. The van der Waals surface area contributed by atoms with E-state index in [-0.39, 0.29) is 11.4 Å². The van der Waals surface area contributed by atoms with Gasteiger partial charge in [0.15, 0.2) is 0 Å². The van der Waals surface area contributed by atoms with Crippen molar-refractivity contribution in [3.8, 4) is 5.75 Å². The van der Waals surface area contributed by atoms with Crippen LogP contribution >= 0.6 is 11.8 Å². The predicted molar refractivity (Wildman–Crippen MR) is 80.6 cm³/mol. The maximum absolute atomic E-state index is 13.4. The lowest BCUT2D eigenvalue weighted by Gasteiger charge is -2.06. The Morgan fingerprint density at radius 2 is 1.86 bits per heavy atom. The van der Waals surface area contributed by atoms with Crippen LogP contribution in [0.4, 0.5) is 4.39 Å². The fourth-order valence-corrected chi connectivity index (χ4v) is 2.55. The number of hydrogen-bond donors (Lipinski definition) is 1. The third-order valence-corrected chi connectivity index (χ3v) is 3.89. The second-order valence-electron chi connectivity index (χ2n) is 4.31. The van der Waals surface area contributed by atoms with E-state index < -0.39 is 5.97 Å². The van der Waals surface area contributed by atoms with E-state index in [1.54, 1.807) is 24.3 Å². The molecule has 0 heterocycles. The molecule has 0 unspecified atom stereocenters. The summed E-state index contributed by atoms with van der Waals surface area (Å²) in [5.41, 5.74) is 0.234. The summed E-state index contributed by atoms with van der Waals surface area (Å²) >= 11 is 1.46. The average Bonchev–Trinajstić information content (AvgIpc) is 2.49. The maximum atomic E-state index is 13.4. The molecule has 1 N–H and O–H groups in total. The van der Waals surface area contributed by atoms with Crippen LogP contribution in [0.1, 0.15) is 16.8 Å². The number of hydrogen-bond acceptors (Lipinski definition) is 3. The maximum Gasteiger partial charge on any atom is 0.335 e. The zero-order valence-corrected chi connectivity index (χ0v) is 12.1. The standard InChI is InChI=1S/C16H15FO3S/c17-14-4-1-2-5-15(14)21-11-3-10-20-13-8-6-12(7-9-13)16(18)19/h1-2,4-9H,3,10-11H2,(H,18,19). The van der Waals surface area contributed by atoms with Gasteiger partial charge in [-0.1, -0.05) is 12.1 Å². The van der Waals surface area contributed by atoms with Crippen LogP contribution in [0.5, 0.6) is 5.75 Å². The smallest absolute Gasteiger partial charge is 0.335 e. The molecule has 110 valence electrons. The highest BCUT2D eigenvalue weighted by atomic mass is 32.2. The van der Waals surface area contributed by atoms with Crippen LogP contribution in [0, 0.1) is 5.82 Å². The number of rotatable bonds is 7. The molecular formula is C16H15FO3S. The second kappa shape index (κ2) is 7.69. The van der Waals surface area contributed by atoms with Gasteiger partial charge in [0.1, 0.15) is 11.6 Å². The van der Waals surface area contributed by atoms with E-state index >= 15 is 0 Å². The Hall–Kier alpha value is -2.01. The molecule has 0 aromatic heterocycles. The van der Waals surface area contributed by atoms with Crippen LogP contribution in [-0.4, -0.2) is 23.4 Å². The molecule has 0 spiro atoms. The minimum Gasteiger partial charge on any atom is -0.494 e. The first-order chi connectivity index (χ1) is 10.2. The molecule has 0 aliphatic rings. The van der Waals surface area contributed by atoms with Gasteiger partial charge in [-0.2, -0.15) is 0 Å². The molecule has 2 rings (SSSR count). The first-order valence-electron chi connectivity index (χ1n) is 6.50. The second-order valence-corrected chi connectivity index (χ2v) is 5.45. The number of carbonyl (C=O) groups is 1. The SMILES string of the molecule is O=C(O)c1ccc(OCCCSc2ccccc2F)cc1. The number of carboxylic acids is 1. The lowest BCUT2D eigenvalue weighted by Crippen LogP contribution is -2.00. The predicted octanol–water partition coefficient (Wildman–Crippen LogP) is 4.09. The average molecular weight is 306 g/mol. The molecular weight excluding hydrogens is 291 g/mol. The van der Waals surface area contributed by atoms with Gasteiger partial charge >= 0.3 is 5.97 Å². The third-order valence-electron chi connectivity index (χ3n) is 2.75. The molecule has 0 amide bonds. The van der Waals surface area contributed by atoms with Crippen molar-refractivity contribution in [2.45, 2.75) is 11.3 Å². The number of halogens is 1. The summed E-state index contributed by atoms with van der Waals surface area (Å²) in [5.74, 6) is 0.236. The van der Waals surface area contributed by atoms with E-state index in [1.807, 2.05) is 6.07 Å². The van der Waals surface area contributed by atoms with Gasteiger partial charge in [-0.15, -0.1) is 11.8 Å². The van der Waals surface area contributed by atoms with Crippen LogP contribution in [-0.2, 0) is 0 Å². The van der Waals surface area contributed by atoms with Crippen LogP contribution in [0.15, 0.2) is 53.4 Å². The Bertz CT molecular complexity index is 599. The lowest BCUT2D eigenvalue weighted by atomic mass is 10.2. The van der Waals surface area contributed by atoms with Gasteiger partial charge in [-0.3, -0.25) is 0 Å². The zero-order chi connectivity index (χ0) is 15.1. The summed E-state index contributed by atoms with van der Waals surface area (Å²) in [6.07, 6.45) is 0.777. The quantitative estimate of drug-likeness (QED) is 0.618. The lowest BCUT2D eigenvalue weighted by molar-refractivity contribution is 0.0697. The molecule has 0 fully saturated rings. The highest BCUT2D eigenvalue weighted by Gasteiger charge is 2.03. The largest absolute Gasteiger partial charge is 0.494 e. The van der Waals surface area contributed by atoms with Gasteiger partial charge in [0, 0.05) is 10.6 Å². The molecule has 0 atom stereocenters. The van der Waals surface area contributed by atoms with Crippen molar-refractivity contribution in [3.63, 3.8) is 0 Å². The molecule has 0 radical (unpaired) electrons. The van der Waals surface area contributed by atoms with Gasteiger partial charge in [0.2, 0.25) is 0 Å². The molecule has 2 aromatic carbocycles. The number of aromatic carboxylic acids is 1. The van der Waals surface area contributed by atoms with Crippen LogP contribution in [0.2, 0.25) is 0 Å². The van der Waals surface area contributed by atoms with E-state index in [0.717, 1.165) is 12.2 Å². The van der Waals surface area contributed by atoms with Gasteiger partial charge < -0.3 is 9.84 Å². The van der Waals surface area contributed by atoms with Crippen molar-refractivity contribution in [2.24, 2.45) is 0 Å². The monoisotopic (exact) mass is 306 g/mol. The fourth-order valence-electron chi connectivity index (χ4n) is 1.69. The summed E-state index contributed by atoms with van der Waals surface area (Å²) in [7, 11) is 0. The van der Waals surface area contributed by atoms with Gasteiger partial charge in [0.25, 0.3) is 0 Å². The molecule has 0 aliphatic heterocycles. The number of benzene rings is 2. The minimum atomic E-state index is -0.956. The van der Waals surface area contributed by atoms with E-state index in [2.05, 4.69) is 0 Å². The van der Waals surface area contributed by atoms with Crippen molar-refractivity contribution >= 4 is 17.7 Å². The van der Waals surface area contributed by atoms with E-state index in [9.17, 15) is 9.18 Å². The van der Waals surface area contributed by atoms with Crippen molar-refractivity contribution in [1.29, 1.82) is 0 Å². The molecule has 0 aliphatic carbocycles. The van der Waals surface area contributed by atoms with Crippen molar-refractivity contribution in [2.75, 3.05) is 12.4 Å². The molecule has 3 nitrogen and oxygen atoms in total. The van der Waals surface area contributed by atoms with Crippen molar-refractivity contribution in [3.05, 3.63) is 59.9 Å². The van der Waals surface area contributed by atoms with E-state index in [1.165, 1.54) is 30.0 Å². The summed E-state index contributed by atoms with van der Waals surface area (Å²) in [5, 5.41) is 8.78. The normalized spacial score (nSPS) is 10.3. The highest BCUT2D eigenvalue weighted by molar-refractivity contribution is 7.99. The topological polar surface area (TPSA) is 46.5 Å². The Labute approximate surface area is 126 Å². The van der Waals surface area contributed by atoms with E-state index in [0.29, 0.717) is 17.3 Å². The van der Waals surface area contributed by atoms with Gasteiger partial charge in [-0.05, 0) is 42.8 Å². The molecule has 0 saturated carbocycles. The fraction of sp³-hybridized carbons (Fsp3) is 0.188. The Kier molecular flexibility index (Phi) is 5.63. The molecule has 21 heavy (non-hydrogen) atoms. The Morgan fingerprint density at radius 3 is 2.52 bits per heavy atom. The summed E-state index contributed by atoms with van der Waals surface area (Å²) in [6, 6.07) is 13.0. The van der Waals surface area contributed by atoms with Crippen LogP contribution in [0.25, 0.3) is 0 Å². The summed E-state index contributed by atoms with van der Waals surface area (Å²) < 4.78 is 18.9. The summed E-state index contributed by atoms with van der Waals surface area (Å²) in [6.45, 7) is 0.508. The Balaban J connectivity index is 1.70. The zero-order valence-electron chi connectivity index (χ0n) is 11.3. The van der Waals surface area contributed by atoms with E-state index in [4.69, 9.17) is 9.84 Å². The summed E-state index contributed by atoms with van der Waals surface area (Å²) in [4.78, 5) is 11.3. The number of ether oxygens (including phenoxy) is 1. The van der Waals surface area contributed by atoms with Gasteiger partial charge in [0.05, 0.1) is 12.2 Å². The molecule has 0 saturated heterocycles. The Morgan fingerprint density at radius 1 is 1.14 bits per heavy atom. The van der Waals surface area contributed by atoms with Crippen LogP contribution < -0.4 is 4.74 Å². The van der Waals surface area contributed by atoms with Crippen molar-refractivity contribution < 1.29 is 19.0 Å². The third kappa shape index (κ3) is 4.79. The first-order valence-corrected chi connectivity index (χ1v) is 7.49. The van der Waals surface area contributed by atoms with Crippen LogP contribution in [0.3, 0.4) is 0 Å².